The van der Waals surface area contributed by atoms with E-state index in [4.69, 9.17) is 16.7 Å². The van der Waals surface area contributed by atoms with Gasteiger partial charge in [0.15, 0.2) is 0 Å². The van der Waals surface area contributed by atoms with Crippen LogP contribution in [0.15, 0.2) is 18.2 Å². The number of nitro groups is 1. The lowest BCUT2D eigenvalue weighted by Gasteiger charge is -2.08. The molecule has 1 aromatic rings. The Hall–Kier alpha value is -1.33. The van der Waals surface area contributed by atoms with Crippen LogP contribution in [0.3, 0.4) is 0 Å². The minimum atomic E-state index is -0.580. The standard InChI is InChI=1S/C9H11ClN2O3/c1-6(13)5-11-8-4-7(10)2-3-9(8)12(14)15/h2-4,6,11,13H,5H2,1H3/t6-/m1/s1. The molecule has 0 aliphatic heterocycles. The molecule has 0 unspecified atom stereocenters. The van der Waals surface area contributed by atoms with Crippen LogP contribution in [0.1, 0.15) is 6.92 Å². The Bertz CT molecular complexity index is 368. The summed E-state index contributed by atoms with van der Waals surface area (Å²) >= 11 is 5.71. The van der Waals surface area contributed by atoms with Crippen LogP contribution in [0.25, 0.3) is 0 Å². The van der Waals surface area contributed by atoms with Crippen LogP contribution in [0.4, 0.5) is 11.4 Å². The zero-order valence-corrected chi connectivity index (χ0v) is 8.86. The fourth-order valence-electron chi connectivity index (χ4n) is 1.07. The molecule has 0 bridgehead atoms. The molecule has 1 atom stereocenters. The van der Waals surface area contributed by atoms with Gasteiger partial charge in [-0.1, -0.05) is 11.6 Å². The van der Waals surface area contributed by atoms with Gasteiger partial charge >= 0.3 is 0 Å². The molecule has 0 aliphatic carbocycles. The Morgan fingerprint density at radius 1 is 1.67 bits per heavy atom. The highest BCUT2D eigenvalue weighted by Crippen LogP contribution is 2.27. The number of nitrogens with zero attached hydrogens (tertiary/aromatic N) is 1. The van der Waals surface area contributed by atoms with E-state index in [1.54, 1.807) is 6.92 Å². The van der Waals surface area contributed by atoms with Crippen molar-refractivity contribution in [3.05, 3.63) is 33.3 Å². The van der Waals surface area contributed by atoms with E-state index in [0.717, 1.165) is 0 Å². The van der Waals surface area contributed by atoms with Gasteiger partial charge in [-0.15, -0.1) is 0 Å². The number of rotatable bonds is 4. The van der Waals surface area contributed by atoms with E-state index in [0.29, 0.717) is 10.7 Å². The molecule has 0 fully saturated rings. The third-order valence-corrected chi connectivity index (χ3v) is 1.98. The molecule has 0 amide bonds. The van der Waals surface area contributed by atoms with E-state index in [-0.39, 0.29) is 12.2 Å². The van der Waals surface area contributed by atoms with Gasteiger partial charge in [0.2, 0.25) is 0 Å². The molecule has 1 rings (SSSR count). The summed E-state index contributed by atoms with van der Waals surface area (Å²) in [7, 11) is 0. The Balaban J connectivity index is 2.92. The molecule has 0 radical (unpaired) electrons. The van der Waals surface area contributed by atoms with Crippen LogP contribution in [0, 0.1) is 10.1 Å². The molecule has 5 nitrogen and oxygen atoms in total. The van der Waals surface area contributed by atoms with Gasteiger partial charge in [0, 0.05) is 17.6 Å². The van der Waals surface area contributed by atoms with Crippen LogP contribution < -0.4 is 5.32 Å². The monoisotopic (exact) mass is 230 g/mol. The number of nitrogens with one attached hydrogen (secondary N) is 1. The summed E-state index contributed by atoms with van der Waals surface area (Å²) in [4.78, 5) is 10.1. The highest BCUT2D eigenvalue weighted by molar-refractivity contribution is 6.31. The fraction of sp³-hybridized carbons (Fsp3) is 0.333. The fourth-order valence-corrected chi connectivity index (χ4v) is 1.24. The Morgan fingerprint density at radius 2 is 2.33 bits per heavy atom. The average molecular weight is 231 g/mol. The number of nitro benzene ring substituents is 1. The maximum atomic E-state index is 10.6. The molecule has 0 aliphatic rings. The van der Waals surface area contributed by atoms with Crippen molar-refractivity contribution in [1.29, 1.82) is 0 Å². The molecule has 82 valence electrons. The first-order chi connectivity index (χ1) is 7.00. The minimum Gasteiger partial charge on any atom is -0.392 e. The molecule has 0 saturated heterocycles. The summed E-state index contributed by atoms with van der Waals surface area (Å²) in [5, 5.41) is 22.9. The van der Waals surface area contributed by atoms with Crippen LogP contribution >= 0.6 is 11.6 Å². The second-order valence-electron chi connectivity index (χ2n) is 3.15. The molecule has 2 N–H and O–H groups in total. The van der Waals surface area contributed by atoms with Crippen molar-refractivity contribution in [2.75, 3.05) is 11.9 Å². The zero-order chi connectivity index (χ0) is 11.4. The number of benzene rings is 1. The van der Waals surface area contributed by atoms with Gasteiger partial charge in [0.05, 0.1) is 11.0 Å². The van der Waals surface area contributed by atoms with Crippen molar-refractivity contribution < 1.29 is 10.0 Å². The number of anilines is 1. The topological polar surface area (TPSA) is 75.4 Å². The van der Waals surface area contributed by atoms with Crippen LogP contribution in [0.5, 0.6) is 0 Å². The van der Waals surface area contributed by atoms with Crippen LogP contribution in [0.2, 0.25) is 5.02 Å². The minimum absolute atomic E-state index is 0.0555. The van der Waals surface area contributed by atoms with E-state index in [2.05, 4.69) is 5.32 Å². The summed E-state index contributed by atoms with van der Waals surface area (Å²) in [6.45, 7) is 1.82. The molecule has 0 heterocycles. The van der Waals surface area contributed by atoms with Gasteiger partial charge in [-0.3, -0.25) is 10.1 Å². The lowest BCUT2D eigenvalue weighted by Crippen LogP contribution is -2.16. The Morgan fingerprint density at radius 3 is 2.87 bits per heavy atom. The van der Waals surface area contributed by atoms with Crippen molar-refractivity contribution in [1.82, 2.24) is 0 Å². The van der Waals surface area contributed by atoms with E-state index < -0.39 is 11.0 Å². The van der Waals surface area contributed by atoms with Crippen LogP contribution in [-0.2, 0) is 0 Å². The molecule has 0 aromatic heterocycles. The summed E-state index contributed by atoms with van der Waals surface area (Å²) < 4.78 is 0. The number of aliphatic hydroxyl groups is 1. The van der Waals surface area contributed by atoms with Gasteiger partial charge in [0.1, 0.15) is 5.69 Å². The predicted molar refractivity (Wildman–Crippen MR) is 58.3 cm³/mol. The molecule has 1 aromatic carbocycles. The third-order valence-electron chi connectivity index (χ3n) is 1.74. The Kier molecular flexibility index (Phi) is 3.88. The average Bonchev–Trinajstić information content (AvgIpc) is 2.14. The number of hydrogen-bond acceptors (Lipinski definition) is 4. The van der Waals surface area contributed by atoms with Gasteiger partial charge in [-0.2, -0.15) is 0 Å². The molecular formula is C9H11ClN2O3. The Labute approximate surface area is 91.8 Å². The van der Waals surface area contributed by atoms with Crippen molar-refractivity contribution in [2.45, 2.75) is 13.0 Å². The molecule has 0 spiro atoms. The second-order valence-corrected chi connectivity index (χ2v) is 3.58. The quantitative estimate of drug-likeness (QED) is 0.613. The summed E-state index contributed by atoms with van der Waals surface area (Å²) in [5.74, 6) is 0. The summed E-state index contributed by atoms with van der Waals surface area (Å²) in [6.07, 6.45) is -0.580. The van der Waals surface area contributed by atoms with E-state index in [1.165, 1.54) is 18.2 Å². The van der Waals surface area contributed by atoms with E-state index in [1.807, 2.05) is 0 Å². The smallest absolute Gasteiger partial charge is 0.292 e. The first-order valence-electron chi connectivity index (χ1n) is 4.36. The van der Waals surface area contributed by atoms with E-state index in [9.17, 15) is 10.1 Å². The maximum Gasteiger partial charge on any atom is 0.292 e. The SMILES string of the molecule is C[C@@H](O)CNc1cc(Cl)ccc1[N+](=O)[O-]. The van der Waals surface area contributed by atoms with Crippen molar-refractivity contribution in [3.63, 3.8) is 0 Å². The first kappa shape index (κ1) is 11.7. The highest BCUT2D eigenvalue weighted by Gasteiger charge is 2.13. The maximum absolute atomic E-state index is 10.6. The van der Waals surface area contributed by atoms with Gasteiger partial charge in [-0.05, 0) is 19.1 Å². The van der Waals surface area contributed by atoms with Crippen molar-refractivity contribution >= 4 is 23.0 Å². The van der Waals surface area contributed by atoms with Crippen molar-refractivity contribution in [2.24, 2.45) is 0 Å². The third kappa shape index (κ3) is 3.38. The van der Waals surface area contributed by atoms with Crippen LogP contribution in [-0.4, -0.2) is 22.7 Å². The lowest BCUT2D eigenvalue weighted by molar-refractivity contribution is -0.384. The number of halogens is 1. The second kappa shape index (κ2) is 4.95. The highest BCUT2D eigenvalue weighted by atomic mass is 35.5. The van der Waals surface area contributed by atoms with Gasteiger partial charge < -0.3 is 10.4 Å². The van der Waals surface area contributed by atoms with Gasteiger partial charge in [-0.25, -0.2) is 0 Å². The first-order valence-corrected chi connectivity index (χ1v) is 4.74. The predicted octanol–water partition coefficient (Wildman–Crippen LogP) is 2.04. The number of aliphatic hydroxyl groups excluding tert-OH is 1. The largest absolute Gasteiger partial charge is 0.392 e. The zero-order valence-electron chi connectivity index (χ0n) is 8.11. The van der Waals surface area contributed by atoms with Crippen molar-refractivity contribution in [3.8, 4) is 0 Å². The summed E-state index contributed by atoms with van der Waals surface area (Å²) in [5.41, 5.74) is 0.258. The molecule has 15 heavy (non-hydrogen) atoms. The molecular weight excluding hydrogens is 220 g/mol. The van der Waals surface area contributed by atoms with E-state index >= 15 is 0 Å². The summed E-state index contributed by atoms with van der Waals surface area (Å²) in [6, 6.07) is 4.24. The normalized spacial score (nSPS) is 12.2. The van der Waals surface area contributed by atoms with Gasteiger partial charge in [0.25, 0.3) is 5.69 Å². The lowest BCUT2D eigenvalue weighted by atomic mass is 10.2. The molecule has 0 saturated carbocycles. The molecule has 6 heteroatoms. The number of hydrogen-bond donors (Lipinski definition) is 2.